The molecule has 0 bridgehead atoms. The topological polar surface area (TPSA) is 8.17 Å². The zero-order valence-corrected chi connectivity index (χ0v) is 26.2. The Hall–Kier alpha value is -6.56. The lowest BCUT2D eigenvalue weighted by Gasteiger charge is -2.27. The van der Waals surface area contributed by atoms with Crippen LogP contribution in [0.25, 0.3) is 60.5 Å². The Morgan fingerprint density at radius 3 is 1.96 bits per heavy atom. The molecule has 0 atom stereocenters. The van der Waals surface area contributed by atoms with E-state index >= 15 is 0 Å². The highest BCUT2D eigenvalue weighted by molar-refractivity contribution is 6.08. The molecule has 0 aliphatic rings. The van der Waals surface area contributed by atoms with E-state index in [4.69, 9.17) is 0 Å². The Balaban J connectivity index is 1.19. The largest absolute Gasteiger partial charge is 0.310 e. The maximum atomic E-state index is 3.37. The number of anilines is 3. The second kappa shape index (κ2) is 11.7. The summed E-state index contributed by atoms with van der Waals surface area (Å²) in [5.74, 6) is 0. The molecular weight excluding hydrogens is 581 g/mol. The Morgan fingerprint density at radius 2 is 1.08 bits per heavy atom. The zero-order valence-electron chi connectivity index (χ0n) is 26.2. The van der Waals surface area contributed by atoms with Crippen LogP contribution in [0, 0.1) is 12.1 Å². The van der Waals surface area contributed by atoms with E-state index in [0.29, 0.717) is 0 Å². The van der Waals surface area contributed by atoms with Gasteiger partial charge in [-0.15, -0.1) is 0 Å². The molecule has 0 amide bonds. The van der Waals surface area contributed by atoms with Gasteiger partial charge in [-0.2, -0.15) is 0 Å². The van der Waals surface area contributed by atoms with Crippen LogP contribution >= 0.6 is 0 Å². The molecule has 0 radical (unpaired) electrons. The number of aromatic nitrogens is 1. The number of para-hydroxylation sites is 1. The zero-order chi connectivity index (χ0) is 31.9. The first-order valence-electron chi connectivity index (χ1n) is 16.3. The third-order valence-corrected chi connectivity index (χ3v) is 9.20. The highest BCUT2D eigenvalue weighted by Gasteiger charge is 2.17. The minimum atomic E-state index is 1.08. The summed E-state index contributed by atoms with van der Waals surface area (Å²) in [7, 11) is 0. The molecule has 0 fully saturated rings. The minimum Gasteiger partial charge on any atom is -0.310 e. The first-order valence-corrected chi connectivity index (χ1v) is 16.3. The number of benzene rings is 7. The van der Waals surface area contributed by atoms with Crippen LogP contribution in [0.4, 0.5) is 17.1 Å². The van der Waals surface area contributed by atoms with Crippen molar-refractivity contribution in [1.82, 2.24) is 4.57 Å². The fourth-order valence-corrected chi connectivity index (χ4v) is 6.91. The van der Waals surface area contributed by atoms with Crippen LogP contribution in [0.1, 0.15) is 0 Å². The summed E-state index contributed by atoms with van der Waals surface area (Å²) in [4.78, 5) is 2.36. The van der Waals surface area contributed by atoms with Gasteiger partial charge < -0.3 is 9.47 Å². The summed E-state index contributed by atoms with van der Waals surface area (Å²) in [5, 5.41) is 4.75. The minimum absolute atomic E-state index is 1.08. The van der Waals surface area contributed by atoms with Gasteiger partial charge in [0.2, 0.25) is 0 Å². The van der Waals surface area contributed by atoms with Gasteiger partial charge in [0.25, 0.3) is 0 Å². The number of rotatable bonds is 6. The summed E-state index contributed by atoms with van der Waals surface area (Å²) in [6, 6.07) is 71.5. The molecule has 0 aliphatic heterocycles. The number of hydrogen-bond donors (Lipinski definition) is 0. The number of fused-ring (bicyclic) bond motifs is 4. The van der Waals surface area contributed by atoms with Crippen molar-refractivity contribution >= 4 is 49.6 Å². The number of nitrogens with zero attached hydrogens (tertiary/aromatic N) is 2. The van der Waals surface area contributed by atoms with E-state index in [1.54, 1.807) is 0 Å². The molecule has 9 rings (SSSR count). The summed E-state index contributed by atoms with van der Waals surface area (Å²) < 4.78 is 2.33. The third kappa shape index (κ3) is 4.87. The highest BCUT2D eigenvalue weighted by atomic mass is 15.1. The first-order chi connectivity index (χ1) is 23.8. The summed E-state index contributed by atoms with van der Waals surface area (Å²) in [6.07, 6.45) is 0. The van der Waals surface area contributed by atoms with Gasteiger partial charge >= 0.3 is 0 Å². The maximum absolute atomic E-state index is 3.37. The average molecular weight is 611 g/mol. The van der Waals surface area contributed by atoms with E-state index in [0.717, 1.165) is 39.2 Å². The highest BCUT2D eigenvalue weighted by Crippen LogP contribution is 2.39. The van der Waals surface area contributed by atoms with Gasteiger partial charge in [-0.05, 0) is 99.8 Å². The van der Waals surface area contributed by atoms with Crippen molar-refractivity contribution in [2.75, 3.05) is 4.90 Å². The smallest absolute Gasteiger partial charge is 0.0631 e. The SMILES string of the molecule is c1ccc2c(c#1)c1ccccc1n2-c1cccc(N(c2ccc(-c3ccc4ccccc4c3)cc2)c2cccc(-c3ccccc3)c2)c1. The van der Waals surface area contributed by atoms with E-state index in [1.807, 2.05) is 6.07 Å². The molecule has 0 saturated heterocycles. The molecule has 0 saturated carbocycles. The Kier molecular flexibility index (Phi) is 6.74. The van der Waals surface area contributed by atoms with Crippen LogP contribution in [0.5, 0.6) is 0 Å². The predicted octanol–water partition coefficient (Wildman–Crippen LogP) is 12.3. The molecule has 9 aromatic rings. The van der Waals surface area contributed by atoms with Gasteiger partial charge in [-0.1, -0.05) is 127 Å². The summed E-state index contributed by atoms with van der Waals surface area (Å²) in [6.45, 7) is 0. The standard InChI is InChI=1S/C46H30N2/c1-2-12-33(13-3-1)37-16-10-17-40(31-37)47(39-28-26-35(27-29-39)38-25-24-34-14-4-5-15-36(34)30-38)41-18-11-19-42(32-41)48-45-22-8-6-20-43(45)44-21-7-9-23-46(44)48/h1-6,8-20,22-32H. The second-order valence-corrected chi connectivity index (χ2v) is 12.1. The van der Waals surface area contributed by atoms with Gasteiger partial charge in [0.05, 0.1) is 16.4 Å². The fraction of sp³-hybridized carbons (Fsp3) is 0. The Bertz CT molecular complexity index is 2510. The van der Waals surface area contributed by atoms with E-state index in [2.05, 4.69) is 198 Å². The van der Waals surface area contributed by atoms with E-state index in [-0.39, 0.29) is 0 Å². The predicted molar refractivity (Wildman–Crippen MR) is 202 cm³/mol. The Morgan fingerprint density at radius 1 is 0.417 bits per heavy atom. The van der Waals surface area contributed by atoms with Gasteiger partial charge in [0, 0.05) is 28.1 Å². The second-order valence-electron chi connectivity index (χ2n) is 12.1. The van der Waals surface area contributed by atoms with Crippen LogP contribution < -0.4 is 4.90 Å². The lowest BCUT2D eigenvalue weighted by Crippen LogP contribution is -2.10. The van der Waals surface area contributed by atoms with Gasteiger partial charge in [0.1, 0.15) is 0 Å². The number of hydrogen-bond acceptors (Lipinski definition) is 1. The molecule has 2 nitrogen and oxygen atoms in total. The lowest BCUT2D eigenvalue weighted by atomic mass is 10.0. The van der Waals surface area contributed by atoms with Crippen molar-refractivity contribution in [3.05, 3.63) is 194 Å². The van der Waals surface area contributed by atoms with Crippen molar-refractivity contribution in [3.63, 3.8) is 0 Å². The molecule has 1 heterocycles. The van der Waals surface area contributed by atoms with Gasteiger partial charge in [-0.25, -0.2) is 0 Å². The normalized spacial score (nSPS) is 11.2. The molecule has 8 aromatic carbocycles. The lowest BCUT2D eigenvalue weighted by molar-refractivity contribution is 1.17. The average Bonchev–Trinajstić information content (AvgIpc) is 3.50. The quantitative estimate of drug-likeness (QED) is 0.182. The Labute approximate surface area is 280 Å². The van der Waals surface area contributed by atoms with Crippen LogP contribution in [-0.4, -0.2) is 4.57 Å². The van der Waals surface area contributed by atoms with Crippen molar-refractivity contribution in [2.45, 2.75) is 0 Å². The fourth-order valence-electron chi connectivity index (χ4n) is 6.91. The molecule has 2 heteroatoms. The first kappa shape index (κ1) is 27.7. The van der Waals surface area contributed by atoms with Crippen molar-refractivity contribution in [3.8, 4) is 27.9 Å². The van der Waals surface area contributed by atoms with Crippen LogP contribution in [-0.2, 0) is 0 Å². The molecular formula is C46H30N2. The van der Waals surface area contributed by atoms with Crippen molar-refractivity contribution < 1.29 is 0 Å². The molecule has 48 heavy (non-hydrogen) atoms. The summed E-state index contributed by atoms with van der Waals surface area (Å²) >= 11 is 0. The van der Waals surface area contributed by atoms with E-state index in [1.165, 1.54) is 38.4 Å². The van der Waals surface area contributed by atoms with Crippen LogP contribution in [0.3, 0.4) is 0 Å². The molecule has 0 spiro atoms. The molecule has 0 aliphatic carbocycles. The molecule has 224 valence electrons. The van der Waals surface area contributed by atoms with Crippen LogP contribution in [0.15, 0.2) is 182 Å². The van der Waals surface area contributed by atoms with Gasteiger partial charge in [-0.3, -0.25) is 0 Å². The summed E-state index contributed by atoms with van der Waals surface area (Å²) in [5.41, 5.74) is 11.4. The van der Waals surface area contributed by atoms with E-state index in [9.17, 15) is 0 Å². The molecule has 0 N–H and O–H groups in total. The monoisotopic (exact) mass is 610 g/mol. The van der Waals surface area contributed by atoms with Gasteiger partial charge in [0.15, 0.2) is 0 Å². The van der Waals surface area contributed by atoms with Crippen molar-refractivity contribution in [2.24, 2.45) is 0 Å². The maximum Gasteiger partial charge on any atom is 0.0631 e. The van der Waals surface area contributed by atoms with Crippen molar-refractivity contribution in [1.29, 1.82) is 0 Å². The third-order valence-electron chi connectivity index (χ3n) is 9.20. The van der Waals surface area contributed by atoms with Crippen LogP contribution in [0.2, 0.25) is 0 Å². The molecule has 0 unspecified atom stereocenters. The van der Waals surface area contributed by atoms with E-state index < -0.39 is 0 Å². The molecule has 1 aromatic heterocycles.